The van der Waals surface area contributed by atoms with Gasteiger partial charge in [0, 0.05) is 9.97 Å². The van der Waals surface area contributed by atoms with E-state index in [0.29, 0.717) is 0 Å². The van der Waals surface area contributed by atoms with E-state index in [-0.39, 0.29) is 17.0 Å². The van der Waals surface area contributed by atoms with Gasteiger partial charge in [-0.05, 0) is 25.8 Å². The molecule has 0 aromatic heterocycles. The smallest absolute Gasteiger partial charge is 0.00933 e. The van der Waals surface area contributed by atoms with Crippen LogP contribution in [0, 0.1) is 0 Å². The number of hydrogen-bond donors (Lipinski definition) is 1. The average Bonchev–Trinajstić information content (AvgIpc) is 2.53. The minimum absolute atomic E-state index is 0. The van der Waals surface area contributed by atoms with Crippen LogP contribution in [-0.4, -0.2) is 16.5 Å². The summed E-state index contributed by atoms with van der Waals surface area (Å²) in [5.41, 5.74) is 0. The topological polar surface area (TPSA) is 12.0 Å². The summed E-state index contributed by atoms with van der Waals surface area (Å²) in [5, 5.41) is 3.85. The molecular formula is C21H45BrIN. The number of rotatable bonds is 18. The van der Waals surface area contributed by atoms with Crippen molar-refractivity contribution in [2.45, 2.75) is 127 Å². The molecule has 0 aliphatic rings. The average molecular weight is 518 g/mol. The first-order valence-electron chi connectivity index (χ1n) is 10.6. The molecule has 0 heterocycles. The van der Waals surface area contributed by atoms with Gasteiger partial charge in [0.05, 0.1) is 0 Å². The Kier molecular flexibility index (Phi) is 25.3. The fraction of sp³-hybridized carbons (Fsp3) is 1.00. The Hall–Kier alpha value is 1.17. The van der Waals surface area contributed by atoms with Crippen molar-refractivity contribution in [2.75, 3.05) is 6.54 Å². The fourth-order valence-electron chi connectivity index (χ4n) is 3.18. The first-order valence-corrected chi connectivity index (χ1v) is 11.8. The zero-order chi connectivity index (χ0) is 17.2. The number of alkyl halides is 1. The number of unbranched alkanes of at least 4 members (excludes halogenated alkanes) is 10. The molecular weight excluding hydrogens is 473 g/mol. The lowest BCUT2D eigenvalue weighted by Crippen LogP contribution is -2.30. The van der Waals surface area contributed by atoms with E-state index in [1.54, 1.807) is 0 Å². The van der Waals surface area contributed by atoms with Crippen LogP contribution >= 0.6 is 39.6 Å². The molecule has 1 unspecified atom stereocenters. The van der Waals surface area contributed by atoms with Crippen molar-refractivity contribution in [3.05, 3.63) is 0 Å². The van der Waals surface area contributed by atoms with Crippen LogP contribution in [0.15, 0.2) is 0 Å². The third-order valence-electron chi connectivity index (χ3n) is 4.79. The molecule has 1 nitrogen and oxygen atoms in total. The van der Waals surface area contributed by atoms with Crippen molar-refractivity contribution < 1.29 is 0 Å². The van der Waals surface area contributed by atoms with Gasteiger partial charge in [0.2, 0.25) is 0 Å². The van der Waals surface area contributed by atoms with Crippen LogP contribution in [0.3, 0.4) is 0 Å². The minimum atomic E-state index is 0. The maximum absolute atomic E-state index is 3.85. The molecule has 0 aromatic rings. The maximum atomic E-state index is 3.85. The zero-order valence-corrected chi connectivity index (χ0v) is 20.6. The van der Waals surface area contributed by atoms with Crippen LogP contribution in [0.4, 0.5) is 0 Å². The summed E-state index contributed by atoms with van der Waals surface area (Å²) in [4.78, 5) is 0. The summed E-state index contributed by atoms with van der Waals surface area (Å²) in [6.07, 6.45) is 21.2. The third kappa shape index (κ3) is 21.2. The molecule has 0 aliphatic carbocycles. The fourth-order valence-corrected chi connectivity index (χ4v) is 3.49. The molecule has 0 saturated carbocycles. The van der Waals surface area contributed by atoms with Gasteiger partial charge in [0.15, 0.2) is 0 Å². The van der Waals surface area contributed by atoms with E-state index >= 15 is 0 Å². The molecule has 24 heavy (non-hydrogen) atoms. The normalized spacial score (nSPS) is 12.4. The van der Waals surface area contributed by atoms with Crippen LogP contribution < -0.4 is 5.32 Å². The Labute approximate surface area is 177 Å². The minimum Gasteiger partial charge on any atom is -0.314 e. The van der Waals surface area contributed by atoms with Crippen molar-refractivity contribution in [1.29, 1.82) is 0 Å². The van der Waals surface area contributed by atoms with Crippen LogP contribution in [0.2, 0.25) is 0 Å². The molecule has 0 fully saturated rings. The van der Waals surface area contributed by atoms with Gasteiger partial charge in [-0.15, -0.1) is 17.0 Å². The van der Waals surface area contributed by atoms with Crippen LogP contribution in [0.1, 0.15) is 117 Å². The van der Waals surface area contributed by atoms with Crippen molar-refractivity contribution >= 4 is 39.6 Å². The first kappa shape index (κ1) is 27.4. The highest BCUT2D eigenvalue weighted by atomic mass is 127. The SMILES string of the molecule is Br.CCCCCCCCC(CCCCCCCC)NCCC(C)I. The lowest BCUT2D eigenvalue weighted by Gasteiger charge is -2.19. The second-order valence-corrected chi connectivity index (χ2v) is 9.46. The number of halogens is 2. The molecule has 0 radical (unpaired) electrons. The predicted molar refractivity (Wildman–Crippen MR) is 126 cm³/mol. The highest BCUT2D eigenvalue weighted by molar-refractivity contribution is 14.1. The van der Waals surface area contributed by atoms with Gasteiger partial charge in [-0.25, -0.2) is 0 Å². The molecule has 0 aliphatic heterocycles. The van der Waals surface area contributed by atoms with Gasteiger partial charge < -0.3 is 5.32 Å². The maximum Gasteiger partial charge on any atom is 0.00933 e. The Balaban J connectivity index is 0. The van der Waals surface area contributed by atoms with Gasteiger partial charge in [-0.2, -0.15) is 0 Å². The molecule has 1 atom stereocenters. The van der Waals surface area contributed by atoms with Gasteiger partial charge in [-0.1, -0.05) is 120 Å². The lowest BCUT2D eigenvalue weighted by molar-refractivity contribution is 0.410. The van der Waals surface area contributed by atoms with Crippen molar-refractivity contribution in [2.24, 2.45) is 0 Å². The second kappa shape index (κ2) is 22.2. The van der Waals surface area contributed by atoms with Crippen LogP contribution in [0.5, 0.6) is 0 Å². The summed E-state index contributed by atoms with van der Waals surface area (Å²) in [6, 6.07) is 0.780. The summed E-state index contributed by atoms with van der Waals surface area (Å²) >= 11 is 2.54. The quantitative estimate of drug-likeness (QED) is 0.110. The standard InChI is InChI=1S/C21H44IN.BrH/c1-4-6-8-10-12-14-16-21(23-19-18-20(3)22)17-15-13-11-9-7-5-2;/h20-21,23H,4-19H2,1-3H3;1H. The van der Waals surface area contributed by atoms with Crippen LogP contribution in [0.25, 0.3) is 0 Å². The van der Waals surface area contributed by atoms with E-state index in [1.165, 1.54) is 103 Å². The zero-order valence-electron chi connectivity index (χ0n) is 16.8. The molecule has 0 saturated heterocycles. The van der Waals surface area contributed by atoms with E-state index < -0.39 is 0 Å². The second-order valence-electron chi connectivity index (χ2n) is 7.33. The molecule has 0 spiro atoms. The van der Waals surface area contributed by atoms with E-state index in [0.717, 1.165) is 9.97 Å². The summed E-state index contributed by atoms with van der Waals surface area (Å²) < 4.78 is 0.795. The highest BCUT2D eigenvalue weighted by Gasteiger charge is 2.08. The monoisotopic (exact) mass is 517 g/mol. The molecule has 1 N–H and O–H groups in total. The Morgan fingerprint density at radius 2 is 1.08 bits per heavy atom. The largest absolute Gasteiger partial charge is 0.314 e. The van der Waals surface area contributed by atoms with Gasteiger partial charge in [0.1, 0.15) is 0 Å². The summed E-state index contributed by atoms with van der Waals surface area (Å²) in [6.45, 7) is 8.13. The van der Waals surface area contributed by atoms with Gasteiger partial charge >= 0.3 is 0 Å². The lowest BCUT2D eigenvalue weighted by atomic mass is 10.00. The van der Waals surface area contributed by atoms with Gasteiger partial charge in [-0.3, -0.25) is 0 Å². The van der Waals surface area contributed by atoms with E-state index in [9.17, 15) is 0 Å². The number of hydrogen-bond acceptors (Lipinski definition) is 1. The van der Waals surface area contributed by atoms with Crippen molar-refractivity contribution in [1.82, 2.24) is 5.32 Å². The molecule has 148 valence electrons. The Morgan fingerprint density at radius 1 is 0.667 bits per heavy atom. The number of nitrogens with one attached hydrogen (secondary N) is 1. The van der Waals surface area contributed by atoms with E-state index in [2.05, 4.69) is 48.7 Å². The Bertz CT molecular complexity index is 208. The van der Waals surface area contributed by atoms with Gasteiger partial charge in [0.25, 0.3) is 0 Å². The third-order valence-corrected chi connectivity index (χ3v) is 5.41. The summed E-state index contributed by atoms with van der Waals surface area (Å²) in [7, 11) is 0. The Morgan fingerprint density at radius 3 is 1.50 bits per heavy atom. The van der Waals surface area contributed by atoms with Crippen LogP contribution in [-0.2, 0) is 0 Å². The molecule has 3 heteroatoms. The molecule has 0 bridgehead atoms. The molecule has 0 amide bonds. The summed E-state index contributed by atoms with van der Waals surface area (Å²) in [5.74, 6) is 0. The highest BCUT2D eigenvalue weighted by Crippen LogP contribution is 2.15. The molecule has 0 aromatic carbocycles. The van der Waals surface area contributed by atoms with Crippen molar-refractivity contribution in [3.63, 3.8) is 0 Å². The molecule has 0 rings (SSSR count). The predicted octanol–water partition coefficient (Wildman–Crippen LogP) is 8.24. The van der Waals surface area contributed by atoms with E-state index in [4.69, 9.17) is 0 Å². The van der Waals surface area contributed by atoms with E-state index in [1.807, 2.05) is 0 Å². The first-order chi connectivity index (χ1) is 11.2. The van der Waals surface area contributed by atoms with Crippen molar-refractivity contribution in [3.8, 4) is 0 Å².